The summed E-state index contributed by atoms with van der Waals surface area (Å²) in [6.07, 6.45) is 2.88. The van der Waals surface area contributed by atoms with Crippen molar-refractivity contribution in [2.24, 2.45) is 0 Å². The first kappa shape index (κ1) is 17.5. The van der Waals surface area contributed by atoms with Gasteiger partial charge in [-0.2, -0.15) is 5.10 Å². The molecule has 1 atom stereocenters. The predicted octanol–water partition coefficient (Wildman–Crippen LogP) is 3.21. The Hall–Kier alpha value is -3.94. The summed E-state index contributed by atoms with van der Waals surface area (Å²) >= 11 is 0. The number of rotatable bonds is 5. The minimum Gasteiger partial charge on any atom is -0.351 e. The molecule has 2 amide bonds. The second-order valence-corrected chi connectivity index (χ2v) is 6.34. The third-order valence-electron chi connectivity index (χ3n) is 4.40. The Kier molecular flexibility index (Phi) is 4.59. The maximum atomic E-state index is 12.4. The van der Waals surface area contributed by atoms with Gasteiger partial charge in [-0.15, -0.1) is 0 Å². The van der Waals surface area contributed by atoms with Gasteiger partial charge in [0.15, 0.2) is 0 Å². The van der Waals surface area contributed by atoms with E-state index in [1.165, 1.54) is 17.3 Å². The number of amides is 2. The normalized spacial score (nSPS) is 11.9. The first-order valence-corrected chi connectivity index (χ1v) is 8.74. The lowest BCUT2D eigenvalue weighted by Crippen LogP contribution is -2.24. The van der Waals surface area contributed by atoms with Crippen molar-refractivity contribution in [3.63, 3.8) is 0 Å². The summed E-state index contributed by atoms with van der Waals surface area (Å²) in [5.41, 5.74) is 2.65. The van der Waals surface area contributed by atoms with Crippen LogP contribution in [0.25, 0.3) is 10.9 Å². The molecule has 28 heavy (non-hydrogen) atoms. The highest BCUT2D eigenvalue weighted by molar-refractivity contribution is 6.06. The van der Waals surface area contributed by atoms with Crippen molar-refractivity contribution in [1.82, 2.24) is 19.7 Å². The number of aromatic amines is 1. The molecule has 4 rings (SSSR count). The van der Waals surface area contributed by atoms with Crippen molar-refractivity contribution < 1.29 is 9.59 Å². The van der Waals surface area contributed by atoms with Crippen molar-refractivity contribution in [3.05, 3.63) is 72.9 Å². The van der Waals surface area contributed by atoms with Gasteiger partial charge in [0.25, 0.3) is 5.91 Å². The van der Waals surface area contributed by atoms with Crippen LogP contribution >= 0.6 is 0 Å². The molecule has 0 unspecified atom stereocenters. The monoisotopic (exact) mass is 374 g/mol. The quantitative estimate of drug-likeness (QED) is 0.499. The molecule has 2 aromatic carbocycles. The van der Waals surface area contributed by atoms with Gasteiger partial charge in [0.2, 0.25) is 5.91 Å². The van der Waals surface area contributed by atoms with Gasteiger partial charge < -0.3 is 15.6 Å². The molecule has 140 valence electrons. The lowest BCUT2D eigenvalue weighted by Gasteiger charge is -2.12. The maximum absolute atomic E-state index is 12.4. The number of nitrogens with one attached hydrogen (secondary N) is 3. The van der Waals surface area contributed by atoms with Gasteiger partial charge in [-0.05, 0) is 43.3 Å². The van der Waals surface area contributed by atoms with Crippen molar-refractivity contribution in [2.45, 2.75) is 13.0 Å². The highest BCUT2D eigenvalue weighted by Crippen LogP contribution is 2.18. The van der Waals surface area contributed by atoms with E-state index in [0.717, 1.165) is 10.9 Å². The van der Waals surface area contributed by atoms with Crippen LogP contribution in [0.2, 0.25) is 0 Å². The number of hydrogen-bond donors (Lipinski definition) is 3. The molecule has 0 aliphatic heterocycles. The Balaban J connectivity index is 1.40. The van der Waals surface area contributed by atoms with Crippen LogP contribution in [0.15, 0.2) is 67.3 Å². The Morgan fingerprint density at radius 2 is 1.75 bits per heavy atom. The van der Waals surface area contributed by atoms with E-state index in [9.17, 15) is 9.59 Å². The second kappa shape index (κ2) is 7.36. The fourth-order valence-corrected chi connectivity index (χ4v) is 2.82. The molecular formula is C20H18N6O2. The molecule has 4 aromatic rings. The van der Waals surface area contributed by atoms with E-state index < -0.39 is 6.04 Å². The number of hydrogen-bond acceptors (Lipinski definition) is 4. The van der Waals surface area contributed by atoms with Gasteiger partial charge in [0, 0.05) is 22.3 Å². The molecule has 0 aliphatic carbocycles. The molecule has 0 bridgehead atoms. The molecule has 0 fully saturated rings. The van der Waals surface area contributed by atoms with E-state index in [4.69, 9.17) is 0 Å². The lowest BCUT2D eigenvalue weighted by atomic mass is 10.2. The fourth-order valence-electron chi connectivity index (χ4n) is 2.82. The number of benzene rings is 2. The number of carbonyl (C=O) groups excluding carboxylic acids is 2. The lowest BCUT2D eigenvalue weighted by molar-refractivity contribution is -0.119. The number of anilines is 2. The van der Waals surface area contributed by atoms with Gasteiger partial charge in [-0.25, -0.2) is 9.67 Å². The molecule has 0 aliphatic rings. The van der Waals surface area contributed by atoms with Crippen LogP contribution in [0.1, 0.15) is 23.5 Å². The van der Waals surface area contributed by atoms with Crippen LogP contribution in [0.5, 0.6) is 0 Å². The number of nitrogens with zero attached hydrogens (tertiary/aromatic N) is 3. The highest BCUT2D eigenvalue weighted by Gasteiger charge is 2.15. The fraction of sp³-hybridized carbons (Fsp3) is 0.100. The minimum atomic E-state index is -0.483. The van der Waals surface area contributed by atoms with Crippen LogP contribution in [-0.2, 0) is 4.79 Å². The Bertz CT molecular complexity index is 1080. The topological polar surface area (TPSA) is 105 Å². The summed E-state index contributed by atoms with van der Waals surface area (Å²) in [4.78, 5) is 31.6. The van der Waals surface area contributed by atoms with E-state index in [1.54, 1.807) is 31.2 Å². The molecular weight excluding hydrogens is 356 g/mol. The van der Waals surface area contributed by atoms with Gasteiger partial charge in [-0.3, -0.25) is 9.59 Å². The molecule has 0 saturated carbocycles. The largest absolute Gasteiger partial charge is 0.351 e. The van der Waals surface area contributed by atoms with Gasteiger partial charge in [0.05, 0.1) is 0 Å². The van der Waals surface area contributed by atoms with Crippen molar-refractivity contribution in [2.75, 3.05) is 10.6 Å². The molecule has 0 saturated heterocycles. The summed E-state index contributed by atoms with van der Waals surface area (Å²) in [6.45, 7) is 1.74. The summed E-state index contributed by atoms with van der Waals surface area (Å²) in [7, 11) is 0. The third-order valence-corrected chi connectivity index (χ3v) is 4.40. The Morgan fingerprint density at radius 1 is 1.04 bits per heavy atom. The van der Waals surface area contributed by atoms with Crippen LogP contribution in [0, 0.1) is 0 Å². The Morgan fingerprint density at radius 3 is 2.43 bits per heavy atom. The van der Waals surface area contributed by atoms with E-state index in [-0.39, 0.29) is 11.8 Å². The predicted molar refractivity (Wildman–Crippen MR) is 106 cm³/mol. The van der Waals surface area contributed by atoms with Crippen LogP contribution < -0.4 is 10.6 Å². The van der Waals surface area contributed by atoms with E-state index in [1.807, 2.05) is 30.3 Å². The zero-order valence-corrected chi connectivity index (χ0v) is 15.1. The van der Waals surface area contributed by atoms with E-state index >= 15 is 0 Å². The number of H-pyrrole nitrogens is 1. The van der Waals surface area contributed by atoms with Gasteiger partial charge in [-0.1, -0.05) is 18.2 Å². The third kappa shape index (κ3) is 3.61. The zero-order valence-electron chi connectivity index (χ0n) is 15.1. The Labute approximate surface area is 160 Å². The zero-order chi connectivity index (χ0) is 19.5. The summed E-state index contributed by atoms with van der Waals surface area (Å²) in [5, 5.41) is 10.6. The number of para-hydroxylation sites is 1. The highest BCUT2D eigenvalue weighted by atomic mass is 16.2. The van der Waals surface area contributed by atoms with Crippen molar-refractivity contribution in [3.8, 4) is 0 Å². The standard InChI is InChI=1S/C20H18N6O2/c1-13(26-12-21-11-22-26)19(27)23-15-6-8-16(9-7-15)24-20(28)18-10-14-4-2-3-5-17(14)25-18/h2-13,25H,1H3,(H,23,27)(H,24,28)/t13-/m0/s1. The molecule has 0 spiro atoms. The average Bonchev–Trinajstić information content (AvgIpc) is 3.38. The molecule has 0 radical (unpaired) electrons. The molecule has 2 heterocycles. The molecule has 8 nitrogen and oxygen atoms in total. The van der Waals surface area contributed by atoms with E-state index in [0.29, 0.717) is 17.1 Å². The minimum absolute atomic E-state index is 0.208. The van der Waals surface area contributed by atoms with Gasteiger partial charge >= 0.3 is 0 Å². The van der Waals surface area contributed by atoms with Crippen molar-refractivity contribution >= 4 is 34.1 Å². The number of aromatic nitrogens is 4. The van der Waals surface area contributed by atoms with Gasteiger partial charge in [0.1, 0.15) is 24.4 Å². The maximum Gasteiger partial charge on any atom is 0.272 e. The first-order valence-electron chi connectivity index (χ1n) is 8.74. The molecule has 3 N–H and O–H groups in total. The SMILES string of the molecule is C[C@@H](C(=O)Nc1ccc(NC(=O)c2cc3ccccc3[nH]2)cc1)n1cncn1. The number of fused-ring (bicyclic) bond motifs is 1. The average molecular weight is 374 g/mol. The second-order valence-electron chi connectivity index (χ2n) is 6.34. The van der Waals surface area contributed by atoms with Crippen LogP contribution in [-0.4, -0.2) is 31.6 Å². The van der Waals surface area contributed by atoms with Crippen LogP contribution in [0.4, 0.5) is 11.4 Å². The molecule has 8 heteroatoms. The summed E-state index contributed by atoms with van der Waals surface area (Å²) in [5.74, 6) is -0.437. The molecule has 2 aromatic heterocycles. The van der Waals surface area contributed by atoms with Crippen molar-refractivity contribution in [1.29, 1.82) is 0 Å². The summed E-state index contributed by atoms with van der Waals surface area (Å²) in [6, 6.07) is 16.0. The van der Waals surface area contributed by atoms with E-state index in [2.05, 4.69) is 25.7 Å². The smallest absolute Gasteiger partial charge is 0.272 e. The first-order chi connectivity index (χ1) is 13.6. The van der Waals surface area contributed by atoms with Crippen LogP contribution in [0.3, 0.4) is 0 Å². The number of carbonyl (C=O) groups is 2. The summed E-state index contributed by atoms with van der Waals surface area (Å²) < 4.78 is 1.48.